The quantitative estimate of drug-likeness (QED) is 0.884. The Bertz CT molecular complexity index is 592. The Morgan fingerprint density at radius 3 is 2.79 bits per heavy atom. The van der Waals surface area contributed by atoms with E-state index in [1.165, 1.54) is 17.0 Å². The number of aliphatic hydroxyl groups is 1. The van der Waals surface area contributed by atoms with Crippen LogP contribution in [0.5, 0.6) is 5.75 Å². The molecule has 1 heterocycles. The molecule has 0 bridgehead atoms. The van der Waals surface area contributed by atoms with Crippen molar-refractivity contribution in [2.45, 2.75) is 32.5 Å². The van der Waals surface area contributed by atoms with Crippen LogP contribution in [0.25, 0.3) is 0 Å². The monoisotopic (exact) mass is 346 g/mol. The Kier molecular flexibility index (Phi) is 5.58. The van der Waals surface area contributed by atoms with Crippen molar-refractivity contribution >= 4 is 11.7 Å². The molecule has 2 unspecified atom stereocenters. The molecule has 1 aliphatic heterocycles. The molecule has 0 saturated carbocycles. The Morgan fingerprint density at radius 2 is 2.17 bits per heavy atom. The Labute approximate surface area is 138 Å². The zero-order valence-corrected chi connectivity index (χ0v) is 13.6. The first kappa shape index (κ1) is 18.4. The number of hydrogen-bond acceptors (Lipinski definition) is 3. The summed E-state index contributed by atoms with van der Waals surface area (Å²) in [6.45, 7) is 2.87. The fraction of sp³-hybridized carbons (Fsp3) is 0.562. The van der Waals surface area contributed by atoms with Gasteiger partial charge in [-0.2, -0.15) is 13.2 Å². The summed E-state index contributed by atoms with van der Waals surface area (Å²) in [5, 5.41) is 12.5. The van der Waals surface area contributed by atoms with E-state index in [2.05, 4.69) is 5.32 Å². The summed E-state index contributed by atoms with van der Waals surface area (Å²) in [6.07, 6.45) is -4.30. The summed E-state index contributed by atoms with van der Waals surface area (Å²) in [4.78, 5) is 13.8. The molecule has 0 spiro atoms. The molecule has 0 radical (unpaired) electrons. The van der Waals surface area contributed by atoms with Crippen molar-refractivity contribution in [1.82, 2.24) is 4.90 Å². The van der Waals surface area contributed by atoms with Gasteiger partial charge in [-0.1, -0.05) is 13.0 Å². The molecule has 1 aromatic rings. The lowest BCUT2D eigenvalue weighted by atomic mass is 9.96. The highest BCUT2D eigenvalue weighted by Gasteiger charge is 2.29. The highest BCUT2D eigenvalue weighted by atomic mass is 19.4. The number of alkyl halides is 3. The standard InChI is InChI=1S/C16H21F3N2O3/c1-10-6-7-21(8-13(10)22)15(23)20-12-4-3-5-14(11(12)2)24-9-16(17,18)19/h3-5,10,13,22H,6-9H2,1-2H3,(H,20,23). The molecule has 2 atom stereocenters. The average Bonchev–Trinajstić information content (AvgIpc) is 2.50. The van der Waals surface area contributed by atoms with Gasteiger partial charge < -0.3 is 20.1 Å². The summed E-state index contributed by atoms with van der Waals surface area (Å²) < 4.78 is 41.6. The van der Waals surface area contributed by atoms with Crippen molar-refractivity contribution in [2.75, 3.05) is 25.0 Å². The summed E-state index contributed by atoms with van der Waals surface area (Å²) in [6, 6.07) is 4.14. The maximum absolute atomic E-state index is 12.3. The fourth-order valence-corrected chi connectivity index (χ4v) is 2.49. The number of urea groups is 1. The number of halogens is 3. The third kappa shape index (κ3) is 4.77. The second kappa shape index (κ2) is 7.29. The number of carbonyl (C=O) groups is 1. The number of β-amino-alcohol motifs (C(OH)–C–C–N with tert-alkyl or cyclic N) is 1. The van der Waals surface area contributed by atoms with E-state index in [1.807, 2.05) is 6.92 Å². The highest BCUT2D eigenvalue weighted by Crippen LogP contribution is 2.28. The summed E-state index contributed by atoms with van der Waals surface area (Å²) in [5.74, 6) is 0.201. The van der Waals surface area contributed by atoms with Crippen molar-refractivity contribution in [3.63, 3.8) is 0 Å². The summed E-state index contributed by atoms with van der Waals surface area (Å²) in [5.41, 5.74) is 0.800. The van der Waals surface area contributed by atoms with Crippen molar-refractivity contribution in [3.05, 3.63) is 23.8 Å². The molecule has 0 aromatic heterocycles. The van der Waals surface area contributed by atoms with Gasteiger partial charge in [-0.15, -0.1) is 0 Å². The zero-order chi connectivity index (χ0) is 17.9. The van der Waals surface area contributed by atoms with Crippen LogP contribution in [0.4, 0.5) is 23.7 Å². The van der Waals surface area contributed by atoms with Crippen LogP contribution in [0.1, 0.15) is 18.9 Å². The van der Waals surface area contributed by atoms with E-state index in [4.69, 9.17) is 4.74 Å². The first-order chi connectivity index (χ1) is 11.2. The molecular weight excluding hydrogens is 325 g/mol. The molecule has 1 aliphatic rings. The summed E-state index contributed by atoms with van der Waals surface area (Å²) >= 11 is 0. The van der Waals surface area contributed by atoms with Crippen molar-refractivity contribution in [2.24, 2.45) is 5.92 Å². The van der Waals surface area contributed by atoms with E-state index in [9.17, 15) is 23.1 Å². The van der Waals surface area contributed by atoms with Crippen LogP contribution in [0.3, 0.4) is 0 Å². The predicted molar refractivity (Wildman–Crippen MR) is 83.1 cm³/mol. The minimum Gasteiger partial charge on any atom is -0.484 e. The SMILES string of the molecule is Cc1c(NC(=O)N2CCC(C)C(O)C2)cccc1OCC(F)(F)F. The normalized spacial score (nSPS) is 21.5. The molecule has 8 heteroatoms. The van der Waals surface area contributed by atoms with E-state index < -0.39 is 24.9 Å². The smallest absolute Gasteiger partial charge is 0.422 e. The second-order valence-corrected chi connectivity index (χ2v) is 6.04. The minimum atomic E-state index is -4.42. The number of nitrogens with zero attached hydrogens (tertiary/aromatic N) is 1. The minimum absolute atomic E-state index is 0.0671. The number of likely N-dealkylation sites (tertiary alicyclic amines) is 1. The number of hydrogen-bond donors (Lipinski definition) is 2. The number of anilines is 1. The van der Waals surface area contributed by atoms with Gasteiger partial charge in [-0.25, -0.2) is 4.79 Å². The number of piperidine rings is 1. The predicted octanol–water partition coefficient (Wildman–Crippen LogP) is 3.17. The molecule has 2 amide bonds. The lowest BCUT2D eigenvalue weighted by molar-refractivity contribution is -0.153. The molecule has 1 fully saturated rings. The molecular formula is C16H21F3N2O3. The van der Waals surface area contributed by atoms with Gasteiger partial charge in [-0.3, -0.25) is 0 Å². The molecule has 24 heavy (non-hydrogen) atoms. The van der Waals surface area contributed by atoms with Crippen molar-refractivity contribution in [3.8, 4) is 5.75 Å². The van der Waals surface area contributed by atoms with Gasteiger partial charge in [-0.05, 0) is 31.4 Å². The van der Waals surface area contributed by atoms with Gasteiger partial charge >= 0.3 is 12.2 Å². The zero-order valence-electron chi connectivity index (χ0n) is 13.6. The van der Waals surface area contributed by atoms with Crippen LogP contribution < -0.4 is 10.1 Å². The first-order valence-corrected chi connectivity index (χ1v) is 7.70. The fourth-order valence-electron chi connectivity index (χ4n) is 2.49. The molecule has 1 aromatic carbocycles. The number of carbonyl (C=O) groups excluding carboxylic acids is 1. The number of rotatable bonds is 3. The van der Waals surface area contributed by atoms with Gasteiger partial charge in [0.2, 0.25) is 0 Å². The number of ether oxygens (including phenoxy) is 1. The molecule has 2 N–H and O–H groups in total. The Balaban J connectivity index is 2.03. The third-order valence-corrected chi connectivity index (χ3v) is 4.12. The number of nitrogens with one attached hydrogen (secondary N) is 1. The average molecular weight is 346 g/mol. The maximum Gasteiger partial charge on any atom is 0.422 e. The van der Waals surface area contributed by atoms with E-state index in [-0.39, 0.29) is 18.2 Å². The van der Waals surface area contributed by atoms with Gasteiger partial charge in [0.25, 0.3) is 0 Å². The molecule has 0 aliphatic carbocycles. The second-order valence-electron chi connectivity index (χ2n) is 6.04. The number of aliphatic hydroxyl groups excluding tert-OH is 1. The third-order valence-electron chi connectivity index (χ3n) is 4.12. The van der Waals surface area contributed by atoms with Crippen molar-refractivity contribution < 1.29 is 27.8 Å². The van der Waals surface area contributed by atoms with Crippen LogP contribution in [0, 0.1) is 12.8 Å². The van der Waals surface area contributed by atoms with Gasteiger partial charge in [0.1, 0.15) is 5.75 Å². The van der Waals surface area contributed by atoms with E-state index >= 15 is 0 Å². The van der Waals surface area contributed by atoms with Gasteiger partial charge in [0.05, 0.1) is 6.10 Å². The van der Waals surface area contributed by atoms with Gasteiger partial charge in [0.15, 0.2) is 6.61 Å². The van der Waals surface area contributed by atoms with Crippen LogP contribution in [-0.4, -0.2) is 48.0 Å². The summed E-state index contributed by atoms with van der Waals surface area (Å²) in [7, 11) is 0. The maximum atomic E-state index is 12.3. The lowest BCUT2D eigenvalue weighted by Gasteiger charge is -2.34. The van der Waals surface area contributed by atoms with Crippen LogP contribution in [0.2, 0.25) is 0 Å². The van der Waals surface area contributed by atoms with E-state index in [0.29, 0.717) is 24.2 Å². The Hall–Kier alpha value is -1.96. The molecule has 5 nitrogen and oxygen atoms in total. The van der Waals surface area contributed by atoms with Crippen LogP contribution in [-0.2, 0) is 0 Å². The molecule has 2 rings (SSSR count). The number of benzene rings is 1. The molecule has 1 saturated heterocycles. The largest absolute Gasteiger partial charge is 0.484 e. The Morgan fingerprint density at radius 1 is 1.46 bits per heavy atom. The molecule has 134 valence electrons. The van der Waals surface area contributed by atoms with Gasteiger partial charge in [0, 0.05) is 24.3 Å². The van der Waals surface area contributed by atoms with Crippen LogP contribution >= 0.6 is 0 Å². The van der Waals surface area contributed by atoms with E-state index in [0.717, 1.165) is 0 Å². The first-order valence-electron chi connectivity index (χ1n) is 7.70. The topological polar surface area (TPSA) is 61.8 Å². The van der Waals surface area contributed by atoms with Crippen molar-refractivity contribution in [1.29, 1.82) is 0 Å². The highest BCUT2D eigenvalue weighted by molar-refractivity contribution is 5.90. The lowest BCUT2D eigenvalue weighted by Crippen LogP contribution is -2.47. The van der Waals surface area contributed by atoms with Crippen LogP contribution in [0.15, 0.2) is 18.2 Å². The van der Waals surface area contributed by atoms with E-state index in [1.54, 1.807) is 13.0 Å². The number of amides is 2.